The van der Waals surface area contributed by atoms with Crippen molar-refractivity contribution in [1.29, 1.82) is 0 Å². The third kappa shape index (κ3) is 3.09. The van der Waals surface area contributed by atoms with E-state index in [1.807, 2.05) is 44.2 Å². The molecule has 0 spiro atoms. The summed E-state index contributed by atoms with van der Waals surface area (Å²) in [4.78, 5) is 24.5. The minimum atomic E-state index is -0.568. The van der Waals surface area contributed by atoms with Gasteiger partial charge in [0.1, 0.15) is 17.5 Å². The van der Waals surface area contributed by atoms with Gasteiger partial charge in [-0.15, -0.1) is 0 Å². The molecule has 0 atom stereocenters. The van der Waals surface area contributed by atoms with E-state index in [9.17, 15) is 9.59 Å². The highest BCUT2D eigenvalue weighted by Gasteiger charge is 2.32. The average molecular weight is 327 g/mol. The maximum Gasteiger partial charge on any atom is 0.147 e. The zero-order valence-corrected chi connectivity index (χ0v) is 14.1. The number of halogens is 1. The number of benzene rings is 2. The molecule has 0 unspecified atom stereocenters. The van der Waals surface area contributed by atoms with E-state index in [1.54, 1.807) is 0 Å². The largest absolute Gasteiger partial charge is 0.299 e. The molecule has 1 aliphatic carbocycles. The van der Waals surface area contributed by atoms with Gasteiger partial charge >= 0.3 is 0 Å². The van der Waals surface area contributed by atoms with Crippen molar-refractivity contribution in [3.63, 3.8) is 0 Å². The minimum absolute atomic E-state index is 0.0583. The number of hydrogen-bond donors (Lipinski definition) is 0. The first-order valence-electron chi connectivity index (χ1n) is 7.90. The maximum absolute atomic E-state index is 12.2. The highest BCUT2D eigenvalue weighted by Crippen LogP contribution is 2.34. The Morgan fingerprint density at radius 2 is 1.52 bits per heavy atom. The second-order valence-electron chi connectivity index (χ2n) is 6.25. The summed E-state index contributed by atoms with van der Waals surface area (Å²) in [7, 11) is 0. The Hall–Kier alpha value is -1.93. The molecule has 0 aromatic heterocycles. The van der Waals surface area contributed by atoms with Gasteiger partial charge in [-0.2, -0.15) is 0 Å². The summed E-state index contributed by atoms with van der Waals surface area (Å²) in [6, 6.07) is 11.8. The zero-order chi connectivity index (χ0) is 16.6. The van der Waals surface area contributed by atoms with E-state index < -0.39 is 5.92 Å². The molecular formula is C20H19ClO2. The van der Waals surface area contributed by atoms with Gasteiger partial charge in [0.05, 0.1) is 0 Å². The van der Waals surface area contributed by atoms with Crippen molar-refractivity contribution in [1.82, 2.24) is 0 Å². The van der Waals surface area contributed by atoms with Gasteiger partial charge in [-0.1, -0.05) is 35.9 Å². The van der Waals surface area contributed by atoms with Crippen LogP contribution in [0.3, 0.4) is 0 Å². The normalized spacial score (nSPS) is 16.0. The lowest BCUT2D eigenvalue weighted by Crippen LogP contribution is -2.27. The number of carbonyl (C=O) groups excluding carboxylic acids is 2. The smallest absolute Gasteiger partial charge is 0.147 e. The van der Waals surface area contributed by atoms with Crippen molar-refractivity contribution in [3.8, 4) is 11.1 Å². The van der Waals surface area contributed by atoms with Crippen molar-refractivity contribution in [2.75, 3.05) is 0 Å². The van der Waals surface area contributed by atoms with Crippen LogP contribution >= 0.6 is 11.6 Å². The van der Waals surface area contributed by atoms with Crippen LogP contribution in [0.1, 0.15) is 41.9 Å². The van der Waals surface area contributed by atoms with Crippen LogP contribution in [0.15, 0.2) is 36.4 Å². The van der Waals surface area contributed by atoms with Crippen molar-refractivity contribution in [3.05, 3.63) is 58.1 Å². The molecule has 3 rings (SSSR count). The Balaban J connectivity index is 2.05. The summed E-state index contributed by atoms with van der Waals surface area (Å²) < 4.78 is 0. The van der Waals surface area contributed by atoms with Crippen LogP contribution in [0.2, 0.25) is 5.02 Å². The Morgan fingerprint density at radius 3 is 2.13 bits per heavy atom. The van der Waals surface area contributed by atoms with Crippen LogP contribution in [-0.2, 0) is 9.59 Å². The number of Topliss-reactive ketones (excluding diaryl/α,β-unsaturated/α-hetero) is 2. The Bertz CT molecular complexity index is 759. The first-order valence-corrected chi connectivity index (χ1v) is 8.27. The van der Waals surface area contributed by atoms with Crippen LogP contribution in [0, 0.1) is 13.8 Å². The van der Waals surface area contributed by atoms with Crippen LogP contribution in [0.5, 0.6) is 0 Å². The first kappa shape index (κ1) is 15.9. The lowest BCUT2D eigenvalue weighted by atomic mass is 9.79. The predicted molar refractivity (Wildman–Crippen MR) is 93.0 cm³/mol. The van der Waals surface area contributed by atoms with Gasteiger partial charge in [-0.05, 0) is 60.2 Å². The fourth-order valence-corrected chi connectivity index (χ4v) is 3.47. The third-order valence-electron chi connectivity index (χ3n) is 4.57. The maximum atomic E-state index is 12.2. The lowest BCUT2D eigenvalue weighted by Gasteiger charge is -2.23. The molecule has 0 radical (unpaired) electrons. The van der Waals surface area contributed by atoms with Crippen molar-refractivity contribution in [2.24, 2.45) is 0 Å². The van der Waals surface area contributed by atoms with Crippen LogP contribution in [-0.4, -0.2) is 11.6 Å². The van der Waals surface area contributed by atoms with Gasteiger partial charge in [0.2, 0.25) is 0 Å². The quantitative estimate of drug-likeness (QED) is 0.725. The van der Waals surface area contributed by atoms with E-state index in [-0.39, 0.29) is 11.6 Å². The number of carbonyl (C=O) groups is 2. The molecule has 0 aliphatic heterocycles. The van der Waals surface area contributed by atoms with Gasteiger partial charge in [-0.25, -0.2) is 0 Å². The molecule has 0 bridgehead atoms. The SMILES string of the molecule is Cc1cc(C2C(=O)CCCC2=O)c(C)cc1-c1ccc(Cl)cc1. The molecule has 2 aromatic rings. The van der Waals surface area contributed by atoms with Gasteiger partial charge in [-0.3, -0.25) is 9.59 Å². The number of rotatable bonds is 2. The van der Waals surface area contributed by atoms with Gasteiger partial charge < -0.3 is 0 Å². The Labute approximate surface area is 141 Å². The minimum Gasteiger partial charge on any atom is -0.299 e. The van der Waals surface area contributed by atoms with E-state index in [4.69, 9.17) is 11.6 Å². The fourth-order valence-electron chi connectivity index (χ4n) is 3.34. The molecule has 1 saturated carbocycles. The highest BCUT2D eigenvalue weighted by atomic mass is 35.5. The molecule has 3 heteroatoms. The Kier molecular flexibility index (Phi) is 4.36. The van der Waals surface area contributed by atoms with E-state index in [0.717, 1.165) is 27.8 Å². The molecular weight excluding hydrogens is 308 g/mol. The summed E-state index contributed by atoms with van der Waals surface area (Å²) in [6.07, 6.45) is 1.71. The topological polar surface area (TPSA) is 34.1 Å². The van der Waals surface area contributed by atoms with Crippen molar-refractivity contribution < 1.29 is 9.59 Å². The van der Waals surface area contributed by atoms with E-state index >= 15 is 0 Å². The zero-order valence-electron chi connectivity index (χ0n) is 13.4. The fraction of sp³-hybridized carbons (Fsp3) is 0.300. The summed E-state index contributed by atoms with van der Waals surface area (Å²) in [5, 5.41) is 0.707. The summed E-state index contributed by atoms with van der Waals surface area (Å²) in [5.41, 5.74) is 5.13. The third-order valence-corrected chi connectivity index (χ3v) is 4.82. The summed E-state index contributed by atoms with van der Waals surface area (Å²) in [6.45, 7) is 3.99. The molecule has 0 heterocycles. The molecule has 0 saturated heterocycles. The summed E-state index contributed by atoms with van der Waals surface area (Å²) in [5.74, 6) is -0.451. The number of ketones is 2. The standard InChI is InChI=1S/C20H19ClO2/c1-12-11-17(20-18(22)4-3-5-19(20)23)13(2)10-16(12)14-6-8-15(21)9-7-14/h6-11,20H,3-5H2,1-2H3. The molecule has 1 aliphatic rings. The van der Waals surface area contributed by atoms with Crippen molar-refractivity contribution >= 4 is 23.2 Å². The van der Waals surface area contributed by atoms with Crippen LogP contribution in [0.4, 0.5) is 0 Å². The van der Waals surface area contributed by atoms with Gasteiger partial charge in [0.15, 0.2) is 0 Å². The van der Waals surface area contributed by atoms with E-state index in [0.29, 0.717) is 24.3 Å². The Morgan fingerprint density at radius 1 is 0.913 bits per heavy atom. The van der Waals surface area contributed by atoms with Crippen LogP contribution in [0.25, 0.3) is 11.1 Å². The van der Waals surface area contributed by atoms with Crippen molar-refractivity contribution in [2.45, 2.75) is 39.0 Å². The molecule has 2 aromatic carbocycles. The molecule has 118 valence electrons. The molecule has 0 amide bonds. The predicted octanol–water partition coefficient (Wildman–Crippen LogP) is 5.03. The lowest BCUT2D eigenvalue weighted by molar-refractivity contribution is -0.131. The number of hydrogen-bond acceptors (Lipinski definition) is 2. The molecule has 23 heavy (non-hydrogen) atoms. The van der Waals surface area contributed by atoms with Gasteiger partial charge in [0, 0.05) is 17.9 Å². The molecule has 0 N–H and O–H groups in total. The van der Waals surface area contributed by atoms with Crippen LogP contribution < -0.4 is 0 Å². The summed E-state index contributed by atoms with van der Waals surface area (Å²) >= 11 is 5.95. The second kappa shape index (κ2) is 6.29. The highest BCUT2D eigenvalue weighted by molar-refractivity contribution is 6.30. The average Bonchev–Trinajstić information content (AvgIpc) is 2.51. The molecule has 1 fully saturated rings. The van der Waals surface area contributed by atoms with E-state index in [1.165, 1.54) is 0 Å². The second-order valence-corrected chi connectivity index (χ2v) is 6.69. The molecule has 2 nitrogen and oxygen atoms in total. The van der Waals surface area contributed by atoms with E-state index in [2.05, 4.69) is 6.07 Å². The van der Waals surface area contributed by atoms with Gasteiger partial charge in [0.25, 0.3) is 0 Å². The monoisotopic (exact) mass is 326 g/mol. The first-order chi connectivity index (χ1) is 11.0. The number of aryl methyl sites for hydroxylation is 2.